The van der Waals surface area contributed by atoms with Crippen LogP contribution in [-0.2, 0) is 20.9 Å². The first kappa shape index (κ1) is 21.0. The second kappa shape index (κ2) is 10.2. The number of hydrogen-bond donors (Lipinski definition) is 0. The minimum Gasteiger partial charge on any atom is -0.482 e. The summed E-state index contributed by atoms with van der Waals surface area (Å²) in [7, 11) is 0. The molecule has 1 aliphatic rings. The molecule has 0 radical (unpaired) electrons. The maximum atomic E-state index is 12.7. The van der Waals surface area contributed by atoms with Crippen molar-refractivity contribution in [3.05, 3.63) is 64.7 Å². The third-order valence-corrected chi connectivity index (χ3v) is 4.88. The third-order valence-electron chi connectivity index (χ3n) is 4.65. The highest BCUT2D eigenvalue weighted by Crippen LogP contribution is 2.24. The van der Waals surface area contributed by atoms with Crippen LogP contribution >= 0.6 is 11.6 Å². The van der Waals surface area contributed by atoms with Crippen LogP contribution in [0.1, 0.15) is 37.0 Å². The Morgan fingerprint density at radius 2 is 2.07 bits per heavy atom. The molecule has 29 heavy (non-hydrogen) atoms. The highest BCUT2D eigenvalue weighted by Gasteiger charge is 2.22. The summed E-state index contributed by atoms with van der Waals surface area (Å²) in [6, 6.07) is 8.72. The zero-order valence-corrected chi connectivity index (χ0v) is 17.1. The number of benzene rings is 1. The number of halogens is 1. The number of furan rings is 1. The molecule has 1 aromatic carbocycles. The number of esters is 1. The Bertz CT molecular complexity index is 875. The minimum atomic E-state index is -0.608. The van der Waals surface area contributed by atoms with Gasteiger partial charge in [-0.3, -0.25) is 4.79 Å². The average molecular weight is 418 g/mol. The topological polar surface area (TPSA) is 69.0 Å². The monoisotopic (exact) mass is 417 g/mol. The van der Waals surface area contributed by atoms with Gasteiger partial charge in [0.2, 0.25) is 0 Å². The van der Waals surface area contributed by atoms with Crippen LogP contribution in [0.2, 0.25) is 5.02 Å². The van der Waals surface area contributed by atoms with Crippen molar-refractivity contribution in [1.82, 2.24) is 4.90 Å². The van der Waals surface area contributed by atoms with E-state index in [1.54, 1.807) is 35.4 Å². The normalized spacial score (nSPS) is 13.5. The summed E-state index contributed by atoms with van der Waals surface area (Å²) in [6.07, 6.45) is 7.54. The summed E-state index contributed by atoms with van der Waals surface area (Å²) in [5.74, 6) is 0.330. The van der Waals surface area contributed by atoms with E-state index in [1.165, 1.54) is 0 Å². The largest absolute Gasteiger partial charge is 0.482 e. The van der Waals surface area contributed by atoms with Gasteiger partial charge in [-0.1, -0.05) is 17.7 Å². The van der Waals surface area contributed by atoms with Gasteiger partial charge in [0.15, 0.2) is 13.2 Å². The van der Waals surface area contributed by atoms with Crippen molar-refractivity contribution in [2.75, 3.05) is 13.2 Å². The first-order chi connectivity index (χ1) is 14.0. The van der Waals surface area contributed by atoms with Crippen molar-refractivity contribution < 1.29 is 23.5 Å². The number of rotatable bonds is 8. The smallest absolute Gasteiger partial charge is 0.344 e. The van der Waals surface area contributed by atoms with E-state index >= 15 is 0 Å². The molecule has 1 amide bonds. The quantitative estimate of drug-likeness (QED) is 0.585. The molecule has 3 rings (SSSR count). The van der Waals surface area contributed by atoms with Crippen LogP contribution in [0.25, 0.3) is 0 Å². The zero-order chi connectivity index (χ0) is 20.6. The summed E-state index contributed by atoms with van der Waals surface area (Å²) in [4.78, 5) is 26.4. The summed E-state index contributed by atoms with van der Waals surface area (Å²) in [5.41, 5.74) is 1.76. The molecule has 0 fully saturated rings. The Kier molecular flexibility index (Phi) is 7.36. The number of ether oxygens (including phenoxy) is 2. The van der Waals surface area contributed by atoms with Gasteiger partial charge in [-0.15, -0.1) is 0 Å². The molecule has 2 aromatic rings. The van der Waals surface area contributed by atoms with Gasteiger partial charge in [0.25, 0.3) is 5.91 Å². The third kappa shape index (κ3) is 6.12. The fraction of sp³-hybridized carbons (Fsp3) is 0.364. The van der Waals surface area contributed by atoms with Crippen molar-refractivity contribution in [3.63, 3.8) is 0 Å². The number of aryl methyl sites for hydroxylation is 1. The van der Waals surface area contributed by atoms with Crippen LogP contribution in [-0.4, -0.2) is 30.0 Å². The molecule has 0 bridgehead atoms. The first-order valence-corrected chi connectivity index (χ1v) is 9.97. The van der Waals surface area contributed by atoms with Crippen molar-refractivity contribution in [1.29, 1.82) is 0 Å². The maximum Gasteiger partial charge on any atom is 0.344 e. The van der Waals surface area contributed by atoms with Crippen LogP contribution in [0.15, 0.2) is 52.8 Å². The van der Waals surface area contributed by atoms with Crippen LogP contribution in [0.4, 0.5) is 0 Å². The number of allylic oxidation sites excluding steroid dienone is 2. The fourth-order valence-electron chi connectivity index (χ4n) is 3.15. The van der Waals surface area contributed by atoms with Crippen molar-refractivity contribution in [2.45, 2.75) is 39.2 Å². The zero-order valence-electron chi connectivity index (χ0n) is 16.4. The number of hydrogen-bond acceptors (Lipinski definition) is 5. The Hall–Kier alpha value is -2.73. The molecule has 0 atom stereocenters. The molecule has 0 saturated carbocycles. The van der Waals surface area contributed by atoms with E-state index in [9.17, 15) is 9.59 Å². The summed E-state index contributed by atoms with van der Waals surface area (Å²) < 4.78 is 16.0. The van der Waals surface area contributed by atoms with E-state index in [0.29, 0.717) is 23.1 Å². The van der Waals surface area contributed by atoms with Crippen LogP contribution in [0.5, 0.6) is 5.75 Å². The van der Waals surface area contributed by atoms with E-state index in [0.717, 1.165) is 36.9 Å². The lowest BCUT2D eigenvalue weighted by atomic mass is 10.0. The highest BCUT2D eigenvalue weighted by atomic mass is 35.5. The second-order valence-electron chi connectivity index (χ2n) is 6.86. The standard InChI is InChI=1S/C22H24ClNO5/c1-16-12-17(23)9-10-20(16)28-15-22(26)29-14-21(25)24(13-19-8-5-11-27-19)18-6-3-2-4-7-18/h5-6,8-12H,2-4,7,13-15H2,1H3. The second-order valence-corrected chi connectivity index (χ2v) is 7.30. The molecule has 1 aromatic heterocycles. The number of carbonyl (C=O) groups excluding carboxylic acids is 2. The van der Waals surface area contributed by atoms with Crippen molar-refractivity contribution >= 4 is 23.5 Å². The van der Waals surface area contributed by atoms with Gasteiger partial charge < -0.3 is 18.8 Å². The molecular weight excluding hydrogens is 394 g/mol. The van der Waals surface area contributed by atoms with Crippen LogP contribution < -0.4 is 4.74 Å². The molecule has 6 nitrogen and oxygen atoms in total. The van der Waals surface area contributed by atoms with Crippen molar-refractivity contribution in [3.8, 4) is 5.75 Å². The lowest BCUT2D eigenvalue weighted by Gasteiger charge is -2.26. The average Bonchev–Trinajstić information content (AvgIpc) is 3.23. The Balaban J connectivity index is 1.54. The molecule has 0 saturated heterocycles. The van der Waals surface area contributed by atoms with Gasteiger partial charge in [-0.05, 0) is 68.5 Å². The van der Waals surface area contributed by atoms with Crippen LogP contribution in [0, 0.1) is 6.92 Å². The Morgan fingerprint density at radius 1 is 1.21 bits per heavy atom. The van der Waals surface area contributed by atoms with Crippen molar-refractivity contribution in [2.24, 2.45) is 0 Å². The molecule has 1 heterocycles. The van der Waals surface area contributed by atoms with E-state index in [-0.39, 0.29) is 19.1 Å². The van der Waals surface area contributed by atoms with E-state index < -0.39 is 5.97 Å². The molecule has 154 valence electrons. The Morgan fingerprint density at radius 3 is 2.76 bits per heavy atom. The molecule has 0 spiro atoms. The molecule has 0 aliphatic heterocycles. The molecular formula is C22H24ClNO5. The molecule has 0 N–H and O–H groups in total. The van der Waals surface area contributed by atoms with Gasteiger partial charge in [0.05, 0.1) is 12.8 Å². The van der Waals surface area contributed by atoms with Gasteiger partial charge in [0.1, 0.15) is 11.5 Å². The predicted molar refractivity (Wildman–Crippen MR) is 108 cm³/mol. The SMILES string of the molecule is Cc1cc(Cl)ccc1OCC(=O)OCC(=O)N(Cc1ccco1)C1=CCCCC1. The molecule has 1 aliphatic carbocycles. The maximum absolute atomic E-state index is 12.7. The number of amides is 1. The predicted octanol–water partition coefficient (Wildman–Crippen LogP) is 4.65. The van der Waals surface area contributed by atoms with E-state index in [4.69, 9.17) is 25.5 Å². The highest BCUT2D eigenvalue weighted by molar-refractivity contribution is 6.30. The van der Waals surface area contributed by atoms with Gasteiger partial charge >= 0.3 is 5.97 Å². The molecule has 7 heteroatoms. The van der Waals surface area contributed by atoms with Gasteiger partial charge in [-0.2, -0.15) is 0 Å². The number of carbonyl (C=O) groups is 2. The molecule has 0 unspecified atom stereocenters. The summed E-state index contributed by atoms with van der Waals surface area (Å²) in [6.45, 7) is 1.52. The van der Waals surface area contributed by atoms with E-state index in [1.807, 2.05) is 13.0 Å². The number of nitrogens with zero attached hydrogens (tertiary/aromatic N) is 1. The summed E-state index contributed by atoms with van der Waals surface area (Å²) in [5, 5.41) is 0.594. The van der Waals surface area contributed by atoms with Crippen LogP contribution in [0.3, 0.4) is 0 Å². The summed E-state index contributed by atoms with van der Waals surface area (Å²) >= 11 is 5.91. The lowest BCUT2D eigenvalue weighted by molar-refractivity contribution is -0.153. The van der Waals surface area contributed by atoms with Gasteiger partial charge in [0, 0.05) is 10.7 Å². The Labute approximate surface area is 175 Å². The first-order valence-electron chi connectivity index (χ1n) is 9.59. The van der Waals surface area contributed by atoms with E-state index in [2.05, 4.69) is 6.08 Å². The lowest BCUT2D eigenvalue weighted by Crippen LogP contribution is -2.34. The van der Waals surface area contributed by atoms with Gasteiger partial charge in [-0.25, -0.2) is 4.79 Å². The fourth-order valence-corrected chi connectivity index (χ4v) is 3.37. The minimum absolute atomic E-state index is 0.281.